The van der Waals surface area contributed by atoms with Crippen molar-refractivity contribution in [2.75, 3.05) is 27.2 Å². The Kier molecular flexibility index (Phi) is 3.35. The normalized spacial score (nSPS) is 22.5. The van der Waals surface area contributed by atoms with Gasteiger partial charge >= 0.3 is 0 Å². The maximum Gasteiger partial charge on any atom is 0.242 e. The predicted octanol–water partition coefficient (Wildman–Crippen LogP) is 0.699. The van der Waals surface area contributed by atoms with E-state index in [0.717, 1.165) is 19.5 Å². The van der Waals surface area contributed by atoms with Crippen LogP contribution in [0.4, 0.5) is 0 Å². The van der Waals surface area contributed by atoms with Crippen LogP contribution in [0.2, 0.25) is 0 Å². The van der Waals surface area contributed by atoms with Crippen LogP contribution in [0.1, 0.15) is 20.3 Å². The summed E-state index contributed by atoms with van der Waals surface area (Å²) in [6.07, 6.45) is 1.00. The second-order valence-corrected chi connectivity index (χ2v) is 4.86. The SMILES string of the molecule is CN1CCC(N(C)C(=O)C(C)(C)C#N)C1. The van der Waals surface area contributed by atoms with Gasteiger partial charge in [0.05, 0.1) is 6.07 Å². The van der Waals surface area contributed by atoms with Gasteiger partial charge in [0.25, 0.3) is 0 Å². The van der Waals surface area contributed by atoms with Gasteiger partial charge in [-0.15, -0.1) is 0 Å². The van der Waals surface area contributed by atoms with Crippen LogP contribution in [0, 0.1) is 16.7 Å². The van der Waals surface area contributed by atoms with Gasteiger partial charge in [0.2, 0.25) is 5.91 Å². The highest BCUT2D eigenvalue weighted by molar-refractivity contribution is 5.84. The van der Waals surface area contributed by atoms with Gasteiger partial charge in [-0.2, -0.15) is 5.26 Å². The number of nitrogens with zero attached hydrogens (tertiary/aromatic N) is 3. The molecule has 0 aromatic heterocycles. The van der Waals surface area contributed by atoms with Gasteiger partial charge in [-0.1, -0.05) is 0 Å². The molecule has 1 atom stereocenters. The fourth-order valence-electron chi connectivity index (χ4n) is 1.88. The molecule has 84 valence electrons. The standard InChI is InChI=1S/C11H19N3O/c1-11(2,8-12)10(15)14(4)9-5-6-13(3)7-9/h9H,5-7H2,1-4H3. The molecule has 1 rings (SSSR count). The number of amides is 1. The Morgan fingerprint density at radius 3 is 2.60 bits per heavy atom. The highest BCUT2D eigenvalue weighted by Crippen LogP contribution is 2.21. The smallest absolute Gasteiger partial charge is 0.242 e. The van der Waals surface area contributed by atoms with E-state index in [1.807, 2.05) is 7.05 Å². The number of carbonyl (C=O) groups excluding carboxylic acids is 1. The van der Waals surface area contributed by atoms with Crippen molar-refractivity contribution in [2.45, 2.75) is 26.3 Å². The predicted molar refractivity (Wildman–Crippen MR) is 58.1 cm³/mol. The lowest BCUT2D eigenvalue weighted by atomic mass is 9.93. The zero-order chi connectivity index (χ0) is 11.6. The van der Waals surface area contributed by atoms with E-state index in [9.17, 15) is 4.79 Å². The molecule has 0 aliphatic carbocycles. The van der Waals surface area contributed by atoms with Crippen LogP contribution in [0.25, 0.3) is 0 Å². The van der Waals surface area contributed by atoms with Crippen molar-refractivity contribution in [3.05, 3.63) is 0 Å². The molecule has 1 amide bonds. The molecule has 0 radical (unpaired) electrons. The third kappa shape index (κ3) is 2.48. The third-order valence-corrected chi connectivity index (χ3v) is 3.05. The summed E-state index contributed by atoms with van der Waals surface area (Å²) in [4.78, 5) is 15.9. The Hall–Kier alpha value is -1.08. The molecular weight excluding hydrogens is 190 g/mol. The molecule has 0 aromatic carbocycles. The van der Waals surface area contributed by atoms with Crippen molar-refractivity contribution in [3.8, 4) is 6.07 Å². The fourth-order valence-corrected chi connectivity index (χ4v) is 1.88. The van der Waals surface area contributed by atoms with E-state index in [0.29, 0.717) is 0 Å². The summed E-state index contributed by atoms with van der Waals surface area (Å²) in [5, 5.41) is 8.90. The topological polar surface area (TPSA) is 47.3 Å². The molecule has 4 heteroatoms. The second kappa shape index (κ2) is 4.19. The summed E-state index contributed by atoms with van der Waals surface area (Å²) < 4.78 is 0. The van der Waals surface area contributed by atoms with Gasteiger partial charge in [0.15, 0.2) is 0 Å². The van der Waals surface area contributed by atoms with Crippen molar-refractivity contribution in [1.82, 2.24) is 9.80 Å². The van der Waals surface area contributed by atoms with Gasteiger partial charge in [-0.3, -0.25) is 4.79 Å². The first-order valence-corrected chi connectivity index (χ1v) is 5.25. The van der Waals surface area contributed by atoms with Crippen LogP contribution in [0.15, 0.2) is 0 Å². The summed E-state index contributed by atoms with van der Waals surface area (Å²) in [7, 11) is 3.85. The molecule has 4 nitrogen and oxygen atoms in total. The summed E-state index contributed by atoms with van der Waals surface area (Å²) in [6, 6.07) is 2.31. The fraction of sp³-hybridized carbons (Fsp3) is 0.818. The number of rotatable bonds is 2. The molecule has 0 aromatic rings. The Balaban J connectivity index is 2.66. The zero-order valence-corrected chi connectivity index (χ0v) is 9.95. The van der Waals surface area contributed by atoms with Crippen LogP contribution in [-0.4, -0.2) is 48.9 Å². The largest absolute Gasteiger partial charge is 0.340 e. The number of carbonyl (C=O) groups is 1. The van der Waals surface area contributed by atoms with Crippen molar-refractivity contribution in [2.24, 2.45) is 5.41 Å². The van der Waals surface area contributed by atoms with E-state index in [-0.39, 0.29) is 11.9 Å². The van der Waals surface area contributed by atoms with Crippen molar-refractivity contribution in [1.29, 1.82) is 5.26 Å². The quantitative estimate of drug-likeness (QED) is 0.672. The van der Waals surface area contributed by atoms with Crippen LogP contribution in [0.3, 0.4) is 0 Å². The molecule has 1 heterocycles. The maximum absolute atomic E-state index is 12.0. The second-order valence-electron chi connectivity index (χ2n) is 4.86. The molecule has 15 heavy (non-hydrogen) atoms. The first-order chi connectivity index (χ1) is 6.88. The first kappa shape index (κ1) is 12.0. The van der Waals surface area contributed by atoms with Crippen LogP contribution in [0.5, 0.6) is 0 Å². The first-order valence-electron chi connectivity index (χ1n) is 5.25. The minimum Gasteiger partial charge on any atom is -0.340 e. The summed E-state index contributed by atoms with van der Waals surface area (Å²) in [6.45, 7) is 5.27. The van der Waals surface area contributed by atoms with Crippen LogP contribution >= 0.6 is 0 Å². The summed E-state index contributed by atoms with van der Waals surface area (Å²) >= 11 is 0. The zero-order valence-electron chi connectivity index (χ0n) is 9.95. The summed E-state index contributed by atoms with van der Waals surface area (Å²) in [5.41, 5.74) is -0.907. The van der Waals surface area contributed by atoms with Gasteiger partial charge in [0.1, 0.15) is 5.41 Å². The van der Waals surface area contributed by atoms with Gasteiger partial charge in [-0.05, 0) is 33.9 Å². The lowest BCUT2D eigenvalue weighted by molar-refractivity contribution is -0.138. The molecule has 1 fully saturated rings. The number of likely N-dealkylation sites (tertiary alicyclic amines) is 1. The van der Waals surface area contributed by atoms with Crippen LogP contribution in [-0.2, 0) is 4.79 Å². The third-order valence-electron chi connectivity index (χ3n) is 3.05. The number of likely N-dealkylation sites (N-methyl/N-ethyl adjacent to an activating group) is 2. The van der Waals surface area contributed by atoms with E-state index in [1.165, 1.54) is 0 Å². The van der Waals surface area contributed by atoms with Crippen molar-refractivity contribution >= 4 is 5.91 Å². The average Bonchev–Trinajstić information content (AvgIpc) is 2.62. The lowest BCUT2D eigenvalue weighted by Crippen LogP contribution is -2.44. The molecule has 0 bridgehead atoms. The molecule has 0 N–H and O–H groups in total. The van der Waals surface area contributed by atoms with Crippen LogP contribution < -0.4 is 0 Å². The number of hydrogen-bond acceptors (Lipinski definition) is 3. The number of nitriles is 1. The van der Waals surface area contributed by atoms with Gasteiger partial charge in [-0.25, -0.2) is 0 Å². The molecule has 0 saturated carbocycles. The van der Waals surface area contributed by atoms with Crippen molar-refractivity contribution in [3.63, 3.8) is 0 Å². The molecule has 1 saturated heterocycles. The molecule has 1 unspecified atom stereocenters. The highest BCUT2D eigenvalue weighted by atomic mass is 16.2. The Bertz CT molecular complexity index is 293. The minimum absolute atomic E-state index is 0.0784. The van der Waals surface area contributed by atoms with E-state index >= 15 is 0 Å². The van der Waals surface area contributed by atoms with Gasteiger partial charge in [0, 0.05) is 19.6 Å². The molecule has 0 spiro atoms. The molecular formula is C11H19N3O. The van der Waals surface area contributed by atoms with E-state index < -0.39 is 5.41 Å². The monoisotopic (exact) mass is 209 g/mol. The lowest BCUT2D eigenvalue weighted by Gasteiger charge is -2.29. The average molecular weight is 209 g/mol. The Morgan fingerprint density at radius 2 is 2.20 bits per heavy atom. The maximum atomic E-state index is 12.0. The highest BCUT2D eigenvalue weighted by Gasteiger charge is 2.35. The summed E-state index contributed by atoms with van der Waals surface area (Å²) in [5.74, 6) is -0.0784. The van der Waals surface area contributed by atoms with E-state index in [4.69, 9.17) is 5.26 Å². The molecule has 1 aliphatic heterocycles. The minimum atomic E-state index is -0.907. The van der Waals surface area contributed by atoms with Gasteiger partial charge < -0.3 is 9.80 Å². The number of hydrogen-bond donors (Lipinski definition) is 0. The Labute approximate surface area is 91.5 Å². The molecule has 1 aliphatic rings. The van der Waals surface area contributed by atoms with E-state index in [2.05, 4.69) is 11.0 Å². The van der Waals surface area contributed by atoms with Crippen molar-refractivity contribution < 1.29 is 4.79 Å². The van der Waals surface area contributed by atoms with E-state index in [1.54, 1.807) is 25.8 Å². The Morgan fingerprint density at radius 1 is 1.60 bits per heavy atom.